The Balaban J connectivity index is 4.66. The highest BCUT2D eigenvalue weighted by molar-refractivity contribution is 7.47. The van der Waals surface area contributed by atoms with Gasteiger partial charge in [-0.2, -0.15) is 0 Å². The molecule has 0 heterocycles. The third kappa shape index (κ3) is 42.5. The minimum Gasteiger partial charge on any atom is -0.462 e. The average Bonchev–Trinajstić information content (AvgIpc) is 3.20. The standard InChI is InChI=1S/C44H78O14P2/c1-3-5-7-8-9-10-11-12-13-14-17-20-23-26-30-34-43(47)54-38-42(39-57-60(52,53)56-37-41(46)36-55-59(49,50)51)58-44(48)35-31-27-24-21-18-15-16-19-22-25-29-33-40(45)32-28-6-4-2/h10-11,15-16,21-22,24-25,29,33,40-42,45-46H,3-9,12-14,17-20,23,26-28,30-32,34-39H2,1-2H3,(H,52,53)(H2,49,50,51)/b11-10-,16-15-,24-21-,25-22-,33-29+/t40-,41-,42+/m0/s1. The van der Waals surface area contributed by atoms with Gasteiger partial charge in [0.15, 0.2) is 6.10 Å². The first-order valence-electron chi connectivity index (χ1n) is 22.1. The summed E-state index contributed by atoms with van der Waals surface area (Å²) in [6.45, 7) is 1.54. The Kier molecular flexibility index (Phi) is 38.1. The SMILES string of the molecule is CCCCCC/C=C\CCCCCCCCCC(=O)OC[C@H](COP(=O)(O)OC[C@@H](O)COP(=O)(O)O)OC(=O)CCC/C=C\C/C=C\C/C=C\C=C\[C@@H](O)CCCCC. The Bertz CT molecular complexity index is 1310. The van der Waals surface area contributed by atoms with Gasteiger partial charge in [0.1, 0.15) is 12.7 Å². The number of aliphatic hydroxyl groups excluding tert-OH is 2. The molecule has 0 aromatic carbocycles. The minimum atomic E-state index is -4.88. The summed E-state index contributed by atoms with van der Waals surface area (Å²) in [5, 5.41) is 19.6. The first kappa shape index (κ1) is 57.8. The van der Waals surface area contributed by atoms with Crippen LogP contribution in [0.4, 0.5) is 0 Å². The fraction of sp³-hybridized carbons (Fsp3) is 0.727. The van der Waals surface area contributed by atoms with Crippen LogP contribution in [0.25, 0.3) is 0 Å². The van der Waals surface area contributed by atoms with Crippen molar-refractivity contribution in [3.8, 4) is 0 Å². The lowest BCUT2D eigenvalue weighted by atomic mass is 10.1. The summed E-state index contributed by atoms with van der Waals surface area (Å²) in [5.74, 6) is -1.13. The van der Waals surface area contributed by atoms with Gasteiger partial charge in [-0.25, -0.2) is 9.13 Å². The lowest BCUT2D eigenvalue weighted by molar-refractivity contribution is -0.161. The predicted molar refractivity (Wildman–Crippen MR) is 236 cm³/mol. The quantitative estimate of drug-likeness (QED) is 0.0127. The largest absolute Gasteiger partial charge is 0.472 e. The average molecular weight is 893 g/mol. The van der Waals surface area contributed by atoms with E-state index in [1.807, 2.05) is 42.5 Å². The number of aliphatic hydroxyl groups is 2. The zero-order valence-electron chi connectivity index (χ0n) is 36.4. The highest BCUT2D eigenvalue weighted by atomic mass is 31.2. The lowest BCUT2D eigenvalue weighted by Gasteiger charge is -2.20. The number of esters is 2. The Labute approximate surface area is 360 Å². The van der Waals surface area contributed by atoms with E-state index in [9.17, 15) is 33.8 Å². The molecule has 60 heavy (non-hydrogen) atoms. The van der Waals surface area contributed by atoms with Gasteiger partial charge < -0.3 is 34.4 Å². The first-order valence-corrected chi connectivity index (χ1v) is 25.1. The molecule has 0 aromatic heterocycles. The van der Waals surface area contributed by atoms with Crippen molar-refractivity contribution >= 4 is 27.6 Å². The van der Waals surface area contributed by atoms with Crippen LogP contribution in [0.3, 0.4) is 0 Å². The number of rotatable bonds is 41. The number of carbonyl (C=O) groups excluding carboxylic acids is 2. The van der Waals surface area contributed by atoms with Gasteiger partial charge >= 0.3 is 27.6 Å². The van der Waals surface area contributed by atoms with Crippen LogP contribution in [0.1, 0.15) is 162 Å². The number of phosphoric acid groups is 2. The molecule has 0 aliphatic rings. The van der Waals surface area contributed by atoms with E-state index in [1.165, 1.54) is 44.9 Å². The molecule has 16 heteroatoms. The van der Waals surface area contributed by atoms with E-state index in [0.717, 1.165) is 70.6 Å². The molecule has 348 valence electrons. The van der Waals surface area contributed by atoms with E-state index in [0.29, 0.717) is 19.3 Å². The molecule has 4 atom stereocenters. The van der Waals surface area contributed by atoms with E-state index < -0.39 is 72.3 Å². The van der Waals surface area contributed by atoms with Crippen LogP contribution in [0, 0.1) is 0 Å². The monoisotopic (exact) mass is 892 g/mol. The van der Waals surface area contributed by atoms with Crippen molar-refractivity contribution in [3.05, 3.63) is 60.8 Å². The normalized spacial score (nSPS) is 15.1. The van der Waals surface area contributed by atoms with E-state index in [4.69, 9.17) is 23.8 Å². The van der Waals surface area contributed by atoms with Crippen molar-refractivity contribution in [2.45, 2.75) is 180 Å². The molecule has 0 radical (unpaired) electrons. The Morgan fingerprint density at radius 1 is 0.550 bits per heavy atom. The van der Waals surface area contributed by atoms with Crippen LogP contribution in [0.15, 0.2) is 60.8 Å². The number of hydrogen-bond donors (Lipinski definition) is 5. The summed E-state index contributed by atoms with van der Waals surface area (Å²) < 4.78 is 47.7. The number of allylic oxidation sites excluding steroid dienone is 9. The molecule has 1 unspecified atom stereocenters. The van der Waals surface area contributed by atoms with Gasteiger partial charge in [0.05, 0.1) is 25.9 Å². The molecule has 0 aliphatic heterocycles. The first-order chi connectivity index (χ1) is 28.8. The van der Waals surface area contributed by atoms with Crippen molar-refractivity contribution in [2.24, 2.45) is 0 Å². The van der Waals surface area contributed by atoms with E-state index in [1.54, 1.807) is 6.08 Å². The summed E-state index contributed by atoms with van der Waals surface area (Å²) in [4.78, 5) is 52.7. The zero-order chi connectivity index (χ0) is 44.6. The van der Waals surface area contributed by atoms with Gasteiger partial charge in [0.25, 0.3) is 0 Å². The van der Waals surface area contributed by atoms with Crippen LogP contribution in [0.5, 0.6) is 0 Å². The van der Waals surface area contributed by atoms with E-state index >= 15 is 0 Å². The van der Waals surface area contributed by atoms with Crippen molar-refractivity contribution < 1.29 is 66.7 Å². The maximum absolute atomic E-state index is 12.6. The van der Waals surface area contributed by atoms with Gasteiger partial charge in [-0.15, -0.1) is 0 Å². The number of ether oxygens (including phenoxy) is 2. The second-order valence-electron chi connectivity index (χ2n) is 14.8. The number of phosphoric ester groups is 2. The Morgan fingerprint density at radius 3 is 1.73 bits per heavy atom. The summed E-state index contributed by atoms with van der Waals surface area (Å²) in [6, 6.07) is 0. The summed E-state index contributed by atoms with van der Waals surface area (Å²) >= 11 is 0. The van der Waals surface area contributed by atoms with Crippen LogP contribution < -0.4 is 0 Å². The lowest BCUT2D eigenvalue weighted by Crippen LogP contribution is -2.29. The molecule has 0 spiro atoms. The third-order valence-electron chi connectivity index (χ3n) is 8.97. The molecule has 14 nitrogen and oxygen atoms in total. The Hall–Kier alpha value is -2.22. The molecule has 0 fully saturated rings. The van der Waals surface area contributed by atoms with Crippen LogP contribution in [-0.2, 0) is 41.8 Å². The van der Waals surface area contributed by atoms with E-state index in [2.05, 4.69) is 35.0 Å². The smallest absolute Gasteiger partial charge is 0.462 e. The topological polar surface area (TPSA) is 216 Å². The van der Waals surface area contributed by atoms with Crippen molar-refractivity contribution in [1.82, 2.24) is 0 Å². The number of unbranched alkanes of at least 4 members (excludes halogenated alkanes) is 14. The molecule has 0 amide bonds. The van der Waals surface area contributed by atoms with Gasteiger partial charge in [0.2, 0.25) is 0 Å². The van der Waals surface area contributed by atoms with Gasteiger partial charge in [-0.05, 0) is 64.2 Å². The second-order valence-corrected chi connectivity index (χ2v) is 17.5. The molecular formula is C44H78O14P2. The molecule has 0 aliphatic carbocycles. The van der Waals surface area contributed by atoms with Crippen LogP contribution in [0.2, 0.25) is 0 Å². The molecule has 0 bridgehead atoms. The summed E-state index contributed by atoms with van der Waals surface area (Å²) in [7, 11) is -9.71. The number of carbonyl (C=O) groups is 2. The van der Waals surface area contributed by atoms with Crippen LogP contribution >= 0.6 is 15.6 Å². The maximum atomic E-state index is 12.6. The highest BCUT2D eigenvalue weighted by Crippen LogP contribution is 2.43. The van der Waals surface area contributed by atoms with Crippen molar-refractivity contribution in [2.75, 3.05) is 26.4 Å². The number of hydrogen-bond acceptors (Lipinski definition) is 11. The molecular weight excluding hydrogens is 814 g/mol. The summed E-state index contributed by atoms with van der Waals surface area (Å²) in [5.41, 5.74) is 0. The maximum Gasteiger partial charge on any atom is 0.472 e. The molecule has 0 saturated heterocycles. The summed E-state index contributed by atoms with van der Waals surface area (Å²) in [6.07, 6.45) is 38.3. The van der Waals surface area contributed by atoms with Gasteiger partial charge in [-0.1, -0.05) is 145 Å². The second kappa shape index (κ2) is 39.6. The predicted octanol–water partition coefficient (Wildman–Crippen LogP) is 10.2. The Morgan fingerprint density at radius 2 is 1.07 bits per heavy atom. The van der Waals surface area contributed by atoms with Crippen molar-refractivity contribution in [1.29, 1.82) is 0 Å². The molecule has 0 saturated carbocycles. The third-order valence-corrected chi connectivity index (χ3v) is 10.4. The molecule has 0 rings (SSSR count). The minimum absolute atomic E-state index is 0.0329. The van der Waals surface area contributed by atoms with Crippen LogP contribution in [-0.4, -0.2) is 81.6 Å². The van der Waals surface area contributed by atoms with Crippen molar-refractivity contribution in [3.63, 3.8) is 0 Å². The molecule has 0 aromatic rings. The zero-order valence-corrected chi connectivity index (χ0v) is 38.2. The van der Waals surface area contributed by atoms with Gasteiger partial charge in [-0.3, -0.25) is 23.2 Å². The molecule has 5 N–H and O–H groups in total. The highest BCUT2D eigenvalue weighted by Gasteiger charge is 2.28. The van der Waals surface area contributed by atoms with Gasteiger partial charge in [0, 0.05) is 12.8 Å². The fourth-order valence-electron chi connectivity index (χ4n) is 5.56. The fourth-order valence-corrected chi connectivity index (χ4v) is 6.72. The van der Waals surface area contributed by atoms with E-state index in [-0.39, 0.29) is 12.8 Å².